The van der Waals surface area contributed by atoms with Crippen LogP contribution in [-0.4, -0.2) is 38.9 Å². The maximum absolute atomic E-state index is 12.6. The molecule has 1 aliphatic heterocycles. The van der Waals surface area contributed by atoms with Gasteiger partial charge in [0.05, 0.1) is 10.5 Å². The molecule has 1 unspecified atom stereocenters. The number of nitrogens with zero attached hydrogens (tertiary/aromatic N) is 1. The largest absolute Gasteiger partial charge is 0.416 e. The van der Waals surface area contributed by atoms with Crippen molar-refractivity contribution in [2.45, 2.75) is 30.5 Å². The molecule has 1 atom stereocenters. The highest BCUT2D eigenvalue weighted by molar-refractivity contribution is 7.89. The molecule has 2 rings (SSSR count). The topological polar surface area (TPSA) is 49.4 Å². The molecule has 0 bridgehead atoms. The molecular formula is C13H17F3N2O2S. The number of rotatable bonds is 3. The molecule has 1 aliphatic rings. The van der Waals surface area contributed by atoms with Gasteiger partial charge in [-0.25, -0.2) is 8.42 Å². The van der Waals surface area contributed by atoms with Gasteiger partial charge in [0.25, 0.3) is 0 Å². The van der Waals surface area contributed by atoms with Crippen molar-refractivity contribution in [2.24, 2.45) is 0 Å². The number of halogens is 3. The van der Waals surface area contributed by atoms with E-state index in [4.69, 9.17) is 0 Å². The molecule has 0 radical (unpaired) electrons. The van der Waals surface area contributed by atoms with Crippen molar-refractivity contribution >= 4 is 10.0 Å². The zero-order valence-electron chi connectivity index (χ0n) is 11.7. The van der Waals surface area contributed by atoms with Crippen molar-refractivity contribution in [2.75, 3.05) is 20.1 Å². The molecular weight excluding hydrogens is 305 g/mol. The van der Waals surface area contributed by atoms with E-state index in [2.05, 4.69) is 5.32 Å². The molecule has 0 aromatic heterocycles. The third-order valence-corrected chi connectivity index (χ3v) is 5.78. The van der Waals surface area contributed by atoms with E-state index in [0.717, 1.165) is 24.7 Å². The van der Waals surface area contributed by atoms with E-state index in [0.29, 0.717) is 13.0 Å². The molecule has 4 nitrogen and oxygen atoms in total. The van der Waals surface area contributed by atoms with Crippen LogP contribution in [-0.2, 0) is 16.2 Å². The summed E-state index contributed by atoms with van der Waals surface area (Å²) < 4.78 is 64.2. The molecule has 1 N–H and O–H groups in total. The van der Waals surface area contributed by atoms with Gasteiger partial charge >= 0.3 is 6.18 Å². The maximum atomic E-state index is 12.6. The number of sulfonamides is 1. The number of nitrogens with one attached hydrogen (secondary N) is 1. The average Bonchev–Trinajstić information content (AvgIpc) is 2.89. The van der Waals surface area contributed by atoms with Gasteiger partial charge in [-0.3, -0.25) is 0 Å². The monoisotopic (exact) mass is 322 g/mol. The standard InChI is InChI=1S/C13H17F3N2O2S/c1-9-7-10(13(14,15)16)3-4-12(9)21(19,20)18(2)11-5-6-17-8-11/h3-4,7,11,17H,5-6,8H2,1-2H3. The van der Waals surface area contributed by atoms with Crippen LogP contribution in [0, 0.1) is 6.92 Å². The molecule has 118 valence electrons. The highest BCUT2D eigenvalue weighted by Gasteiger charge is 2.34. The first-order chi connectivity index (χ1) is 9.64. The maximum Gasteiger partial charge on any atom is 0.416 e. The van der Waals surface area contributed by atoms with E-state index in [1.54, 1.807) is 0 Å². The Bertz CT molecular complexity index is 623. The number of hydrogen-bond donors (Lipinski definition) is 1. The van der Waals surface area contributed by atoms with Gasteiger partial charge in [-0.15, -0.1) is 0 Å². The van der Waals surface area contributed by atoms with Crippen LogP contribution >= 0.6 is 0 Å². The Labute approximate surface area is 122 Å². The summed E-state index contributed by atoms with van der Waals surface area (Å²) in [5.74, 6) is 0. The van der Waals surface area contributed by atoms with Gasteiger partial charge in [0.2, 0.25) is 10.0 Å². The van der Waals surface area contributed by atoms with Crippen LogP contribution in [0.3, 0.4) is 0 Å². The van der Waals surface area contributed by atoms with Crippen LogP contribution in [0.4, 0.5) is 13.2 Å². The Balaban J connectivity index is 2.36. The van der Waals surface area contributed by atoms with Crippen molar-refractivity contribution in [3.63, 3.8) is 0 Å². The number of likely N-dealkylation sites (N-methyl/N-ethyl adjacent to an activating group) is 1. The average molecular weight is 322 g/mol. The van der Waals surface area contributed by atoms with E-state index in [1.807, 2.05) is 0 Å². The molecule has 1 aromatic carbocycles. The fraction of sp³-hybridized carbons (Fsp3) is 0.538. The van der Waals surface area contributed by atoms with Crippen molar-refractivity contribution in [1.29, 1.82) is 0 Å². The molecule has 8 heteroatoms. The number of hydrogen-bond acceptors (Lipinski definition) is 3. The van der Waals surface area contributed by atoms with Crippen molar-refractivity contribution in [3.8, 4) is 0 Å². The summed E-state index contributed by atoms with van der Waals surface area (Å²) in [4.78, 5) is -0.0788. The van der Waals surface area contributed by atoms with E-state index in [1.165, 1.54) is 18.3 Å². The van der Waals surface area contributed by atoms with Gasteiger partial charge in [0.15, 0.2) is 0 Å². The zero-order valence-corrected chi connectivity index (χ0v) is 12.6. The Hall–Kier alpha value is -1.12. The molecule has 0 aliphatic carbocycles. The Morgan fingerprint density at radius 2 is 2.00 bits per heavy atom. The van der Waals surface area contributed by atoms with Crippen molar-refractivity contribution in [3.05, 3.63) is 29.3 Å². The van der Waals surface area contributed by atoms with E-state index in [9.17, 15) is 21.6 Å². The first kappa shape index (κ1) is 16.3. The predicted molar refractivity (Wildman–Crippen MR) is 72.4 cm³/mol. The van der Waals surface area contributed by atoms with Crippen LogP contribution in [0.5, 0.6) is 0 Å². The minimum Gasteiger partial charge on any atom is -0.315 e. The lowest BCUT2D eigenvalue weighted by Crippen LogP contribution is -2.38. The molecule has 0 saturated carbocycles. The number of aryl methyl sites for hydroxylation is 1. The summed E-state index contributed by atoms with van der Waals surface area (Å²) in [5, 5.41) is 3.07. The molecule has 1 fully saturated rings. The van der Waals surface area contributed by atoms with Crippen molar-refractivity contribution < 1.29 is 21.6 Å². The molecule has 1 heterocycles. The molecule has 1 saturated heterocycles. The second kappa shape index (κ2) is 5.58. The van der Waals surface area contributed by atoms with Crippen LogP contribution < -0.4 is 5.32 Å². The van der Waals surface area contributed by atoms with Gasteiger partial charge in [-0.05, 0) is 43.7 Å². The van der Waals surface area contributed by atoms with Gasteiger partial charge in [0, 0.05) is 19.6 Å². The first-order valence-electron chi connectivity index (χ1n) is 6.50. The van der Waals surface area contributed by atoms with Crippen LogP contribution in [0.1, 0.15) is 17.5 Å². The van der Waals surface area contributed by atoms with Crippen LogP contribution in [0.25, 0.3) is 0 Å². The van der Waals surface area contributed by atoms with E-state index >= 15 is 0 Å². The highest BCUT2D eigenvalue weighted by Crippen LogP contribution is 2.32. The molecule has 0 amide bonds. The summed E-state index contributed by atoms with van der Waals surface area (Å²) in [6.07, 6.45) is -3.79. The predicted octanol–water partition coefficient (Wildman–Crippen LogP) is 2.00. The minimum atomic E-state index is -4.48. The molecule has 1 aromatic rings. The van der Waals surface area contributed by atoms with Crippen molar-refractivity contribution in [1.82, 2.24) is 9.62 Å². The summed E-state index contributed by atoms with van der Waals surface area (Å²) in [5.41, 5.74) is -0.744. The normalized spacial score (nSPS) is 20.2. The highest BCUT2D eigenvalue weighted by atomic mass is 32.2. The SMILES string of the molecule is Cc1cc(C(F)(F)F)ccc1S(=O)(=O)N(C)C1CCNC1. The zero-order chi connectivity index (χ0) is 15.8. The third-order valence-electron chi connectivity index (χ3n) is 3.71. The van der Waals surface area contributed by atoms with E-state index in [-0.39, 0.29) is 16.5 Å². The Morgan fingerprint density at radius 1 is 1.33 bits per heavy atom. The third kappa shape index (κ3) is 3.22. The lowest BCUT2D eigenvalue weighted by Gasteiger charge is -2.24. The summed E-state index contributed by atoms with van der Waals surface area (Å²) in [6.45, 7) is 2.66. The van der Waals surface area contributed by atoms with Gasteiger partial charge in [-0.2, -0.15) is 17.5 Å². The quantitative estimate of drug-likeness (QED) is 0.926. The summed E-state index contributed by atoms with van der Waals surface area (Å²) in [6, 6.07) is 2.54. The summed E-state index contributed by atoms with van der Waals surface area (Å²) in [7, 11) is -2.33. The lowest BCUT2D eigenvalue weighted by molar-refractivity contribution is -0.137. The second-order valence-electron chi connectivity index (χ2n) is 5.15. The molecule has 21 heavy (non-hydrogen) atoms. The fourth-order valence-corrected chi connectivity index (χ4v) is 4.00. The second-order valence-corrected chi connectivity index (χ2v) is 7.11. The summed E-state index contributed by atoms with van der Waals surface area (Å²) >= 11 is 0. The smallest absolute Gasteiger partial charge is 0.315 e. The minimum absolute atomic E-state index is 0.0788. The van der Waals surface area contributed by atoms with Gasteiger partial charge in [-0.1, -0.05) is 0 Å². The van der Waals surface area contributed by atoms with Crippen LogP contribution in [0.15, 0.2) is 23.1 Å². The number of alkyl halides is 3. The fourth-order valence-electron chi connectivity index (χ4n) is 2.42. The van der Waals surface area contributed by atoms with Gasteiger partial charge in [0.1, 0.15) is 0 Å². The van der Waals surface area contributed by atoms with E-state index < -0.39 is 21.8 Å². The molecule has 0 spiro atoms. The van der Waals surface area contributed by atoms with Crippen LogP contribution in [0.2, 0.25) is 0 Å². The van der Waals surface area contributed by atoms with Gasteiger partial charge < -0.3 is 5.32 Å². The number of benzene rings is 1. The Morgan fingerprint density at radius 3 is 2.48 bits per heavy atom. The Kier molecular flexibility index (Phi) is 4.32. The lowest BCUT2D eigenvalue weighted by atomic mass is 10.1. The first-order valence-corrected chi connectivity index (χ1v) is 7.94.